The lowest BCUT2D eigenvalue weighted by Gasteiger charge is -2.37. The van der Waals surface area contributed by atoms with Gasteiger partial charge >= 0.3 is 6.03 Å². The Morgan fingerprint density at radius 1 is 1.13 bits per heavy atom. The van der Waals surface area contributed by atoms with Gasteiger partial charge in [0, 0.05) is 50.8 Å². The van der Waals surface area contributed by atoms with E-state index in [4.69, 9.17) is 9.72 Å². The maximum Gasteiger partial charge on any atom is 0.317 e. The van der Waals surface area contributed by atoms with E-state index in [0.717, 1.165) is 42.4 Å². The van der Waals surface area contributed by atoms with Crippen molar-refractivity contribution in [3.8, 4) is 0 Å². The summed E-state index contributed by atoms with van der Waals surface area (Å²) < 4.78 is 5.45. The lowest BCUT2D eigenvalue weighted by molar-refractivity contribution is 0.180. The zero-order valence-corrected chi connectivity index (χ0v) is 19.7. The average Bonchev–Trinajstić information content (AvgIpc) is 2.69. The third kappa shape index (κ3) is 6.17. The number of urea groups is 1. The monoisotopic (exact) mass is 425 g/mol. The van der Waals surface area contributed by atoms with Crippen LogP contribution in [-0.2, 0) is 17.8 Å². The van der Waals surface area contributed by atoms with E-state index in [9.17, 15) is 4.79 Å². The fraction of sp³-hybridized carbons (Fsp3) is 0.542. The minimum Gasteiger partial charge on any atom is -0.378 e. The van der Waals surface area contributed by atoms with Crippen LogP contribution in [0.2, 0.25) is 0 Å². The number of methoxy groups -OCH3 is 1. The predicted octanol–water partition coefficient (Wildman–Crippen LogP) is 3.46. The molecule has 1 N–H and O–H groups in total. The SMILES string of the molecule is COCc1nc(C)nc(N2CCN(C(=O)NC(C)(C)C)CC2)c1Cc1cccc(C)c1. The quantitative estimate of drug-likeness (QED) is 0.794. The van der Waals surface area contributed by atoms with E-state index in [1.54, 1.807) is 7.11 Å². The summed E-state index contributed by atoms with van der Waals surface area (Å²) in [5.41, 5.74) is 4.26. The summed E-state index contributed by atoms with van der Waals surface area (Å²) in [4.78, 5) is 26.2. The molecule has 1 saturated heterocycles. The molecule has 2 aromatic rings. The van der Waals surface area contributed by atoms with E-state index in [-0.39, 0.29) is 11.6 Å². The van der Waals surface area contributed by atoms with Crippen LogP contribution in [0.4, 0.5) is 10.6 Å². The summed E-state index contributed by atoms with van der Waals surface area (Å²) in [5.74, 6) is 1.69. The van der Waals surface area contributed by atoms with Crippen molar-refractivity contribution < 1.29 is 9.53 Å². The molecule has 1 aliphatic heterocycles. The number of carbonyl (C=O) groups excluding carboxylic acids is 1. The largest absolute Gasteiger partial charge is 0.378 e. The van der Waals surface area contributed by atoms with Crippen LogP contribution in [0.15, 0.2) is 24.3 Å². The van der Waals surface area contributed by atoms with Crippen molar-refractivity contribution in [3.05, 3.63) is 52.5 Å². The van der Waals surface area contributed by atoms with E-state index < -0.39 is 0 Å². The molecule has 1 aliphatic rings. The van der Waals surface area contributed by atoms with Crippen LogP contribution in [0.3, 0.4) is 0 Å². The first-order chi connectivity index (χ1) is 14.7. The van der Waals surface area contributed by atoms with Gasteiger partial charge in [-0.15, -0.1) is 0 Å². The molecule has 0 unspecified atom stereocenters. The van der Waals surface area contributed by atoms with E-state index in [1.165, 1.54) is 11.1 Å². The van der Waals surface area contributed by atoms with Gasteiger partial charge in [-0.1, -0.05) is 29.8 Å². The van der Waals surface area contributed by atoms with Gasteiger partial charge in [0.1, 0.15) is 11.6 Å². The van der Waals surface area contributed by atoms with Gasteiger partial charge in [0.25, 0.3) is 0 Å². The summed E-state index contributed by atoms with van der Waals surface area (Å²) >= 11 is 0. The Bertz CT molecular complexity index is 915. The lowest BCUT2D eigenvalue weighted by Crippen LogP contribution is -2.55. The number of ether oxygens (including phenoxy) is 1. The van der Waals surface area contributed by atoms with Crippen molar-refractivity contribution in [3.63, 3.8) is 0 Å². The zero-order valence-electron chi connectivity index (χ0n) is 19.7. The van der Waals surface area contributed by atoms with Gasteiger partial charge in [0.05, 0.1) is 12.3 Å². The summed E-state index contributed by atoms with van der Waals surface area (Å²) in [6.45, 7) is 13.3. The van der Waals surface area contributed by atoms with Crippen LogP contribution in [0.5, 0.6) is 0 Å². The van der Waals surface area contributed by atoms with Gasteiger partial charge in [0.2, 0.25) is 0 Å². The number of hydrogen-bond acceptors (Lipinski definition) is 5. The molecule has 1 aromatic heterocycles. The maximum atomic E-state index is 12.5. The molecule has 1 aromatic carbocycles. The van der Waals surface area contributed by atoms with Crippen molar-refractivity contribution in [1.82, 2.24) is 20.2 Å². The van der Waals surface area contributed by atoms with Gasteiger partial charge in [-0.05, 0) is 40.2 Å². The molecule has 168 valence electrons. The van der Waals surface area contributed by atoms with Crippen molar-refractivity contribution in [2.75, 3.05) is 38.2 Å². The molecule has 2 heterocycles. The fourth-order valence-corrected chi connectivity index (χ4v) is 3.88. The van der Waals surface area contributed by atoms with Crippen LogP contribution >= 0.6 is 0 Å². The molecule has 0 bridgehead atoms. The highest BCUT2D eigenvalue weighted by Crippen LogP contribution is 2.26. The third-order valence-corrected chi connectivity index (χ3v) is 5.28. The van der Waals surface area contributed by atoms with E-state index >= 15 is 0 Å². The number of carbonyl (C=O) groups is 1. The molecule has 7 heteroatoms. The highest BCUT2D eigenvalue weighted by atomic mass is 16.5. The number of piperazine rings is 1. The number of anilines is 1. The number of aryl methyl sites for hydroxylation is 2. The number of amides is 2. The standard InChI is InChI=1S/C24H35N5O2/c1-17-8-7-9-19(14-17)15-20-21(16-31-6)25-18(2)26-22(20)28-10-12-29(13-11-28)23(30)27-24(3,4)5/h7-9,14H,10-13,15-16H2,1-6H3,(H,27,30). The number of rotatable bonds is 5. The van der Waals surface area contributed by atoms with Crippen molar-refractivity contribution in [2.24, 2.45) is 0 Å². The van der Waals surface area contributed by atoms with Gasteiger partial charge < -0.3 is 19.9 Å². The first-order valence-electron chi connectivity index (χ1n) is 10.9. The minimum atomic E-state index is -0.242. The van der Waals surface area contributed by atoms with Crippen LogP contribution in [0.25, 0.3) is 0 Å². The van der Waals surface area contributed by atoms with Gasteiger partial charge in [0.15, 0.2) is 0 Å². The average molecular weight is 426 g/mol. The number of nitrogens with zero attached hydrogens (tertiary/aromatic N) is 4. The topological polar surface area (TPSA) is 70.6 Å². The van der Waals surface area contributed by atoms with E-state index in [1.807, 2.05) is 32.6 Å². The molecule has 0 aliphatic carbocycles. The molecule has 0 atom stereocenters. The molecular formula is C24H35N5O2. The second-order valence-corrected chi connectivity index (χ2v) is 9.27. The summed E-state index contributed by atoms with van der Waals surface area (Å²) in [5, 5.41) is 3.05. The minimum absolute atomic E-state index is 0.00826. The summed E-state index contributed by atoms with van der Waals surface area (Å²) in [6.07, 6.45) is 0.751. The Morgan fingerprint density at radius 2 is 1.84 bits per heavy atom. The molecule has 0 radical (unpaired) electrons. The summed E-state index contributed by atoms with van der Waals surface area (Å²) in [6, 6.07) is 8.53. The zero-order chi connectivity index (χ0) is 22.6. The Hall–Kier alpha value is -2.67. The second kappa shape index (κ2) is 9.64. The molecule has 31 heavy (non-hydrogen) atoms. The Balaban J connectivity index is 1.84. The highest BCUT2D eigenvalue weighted by molar-refractivity contribution is 5.75. The number of hydrogen-bond donors (Lipinski definition) is 1. The highest BCUT2D eigenvalue weighted by Gasteiger charge is 2.27. The first-order valence-corrected chi connectivity index (χ1v) is 10.9. The van der Waals surface area contributed by atoms with Gasteiger partial charge in [-0.25, -0.2) is 14.8 Å². The number of benzene rings is 1. The Labute approximate surface area is 185 Å². The van der Waals surface area contributed by atoms with E-state index in [2.05, 4.69) is 46.4 Å². The van der Waals surface area contributed by atoms with E-state index in [0.29, 0.717) is 19.7 Å². The molecule has 1 fully saturated rings. The number of aromatic nitrogens is 2. The third-order valence-electron chi connectivity index (χ3n) is 5.28. The van der Waals surface area contributed by atoms with Crippen LogP contribution in [0.1, 0.15) is 49.0 Å². The van der Waals surface area contributed by atoms with Crippen LogP contribution in [0, 0.1) is 13.8 Å². The van der Waals surface area contributed by atoms with Gasteiger partial charge in [-0.2, -0.15) is 0 Å². The molecule has 2 amide bonds. The second-order valence-electron chi connectivity index (χ2n) is 9.27. The molecule has 0 saturated carbocycles. The Kier molecular flexibility index (Phi) is 7.15. The van der Waals surface area contributed by atoms with Gasteiger partial charge in [-0.3, -0.25) is 0 Å². The van der Waals surface area contributed by atoms with Crippen molar-refractivity contribution in [2.45, 2.75) is 53.2 Å². The normalized spacial score (nSPS) is 14.6. The maximum absolute atomic E-state index is 12.5. The Morgan fingerprint density at radius 3 is 2.45 bits per heavy atom. The smallest absolute Gasteiger partial charge is 0.317 e. The first kappa shape index (κ1) is 23.0. The number of nitrogens with one attached hydrogen (secondary N) is 1. The van der Waals surface area contributed by atoms with Crippen molar-refractivity contribution >= 4 is 11.8 Å². The fourth-order valence-electron chi connectivity index (χ4n) is 3.88. The van der Waals surface area contributed by atoms with Crippen LogP contribution in [-0.4, -0.2) is 59.7 Å². The molecule has 3 rings (SSSR count). The molecule has 7 nitrogen and oxygen atoms in total. The predicted molar refractivity (Wildman–Crippen MR) is 124 cm³/mol. The summed E-state index contributed by atoms with van der Waals surface area (Å²) in [7, 11) is 1.69. The van der Waals surface area contributed by atoms with Crippen LogP contribution < -0.4 is 10.2 Å². The van der Waals surface area contributed by atoms with Crippen molar-refractivity contribution in [1.29, 1.82) is 0 Å². The lowest BCUT2D eigenvalue weighted by atomic mass is 10.0. The molecular weight excluding hydrogens is 390 g/mol. The molecule has 0 spiro atoms.